The molecule has 1 aromatic rings. The molecular formula is C12H13NO2S. The van der Waals surface area contributed by atoms with Crippen LogP contribution < -0.4 is 0 Å². The molecule has 0 spiro atoms. The number of rotatable bonds is 3. The quantitative estimate of drug-likeness (QED) is 0.637. The number of hydrogen-bond donors (Lipinski definition) is 1. The van der Waals surface area contributed by atoms with Crippen molar-refractivity contribution in [1.82, 2.24) is 4.90 Å². The summed E-state index contributed by atoms with van der Waals surface area (Å²) in [5.74, 6) is 0.401. The summed E-state index contributed by atoms with van der Waals surface area (Å²) in [7, 11) is 0. The van der Waals surface area contributed by atoms with E-state index in [4.69, 9.17) is 0 Å². The number of fused-ring (bicyclic) bond motifs is 1. The molecular weight excluding hydrogens is 222 g/mol. The molecule has 0 aromatic heterocycles. The summed E-state index contributed by atoms with van der Waals surface area (Å²) in [5, 5.41) is 0. The van der Waals surface area contributed by atoms with Crippen LogP contribution in [-0.4, -0.2) is 29.0 Å². The monoisotopic (exact) mass is 235 g/mol. The topological polar surface area (TPSA) is 37.4 Å². The van der Waals surface area contributed by atoms with Crippen LogP contribution >= 0.6 is 12.6 Å². The van der Waals surface area contributed by atoms with Gasteiger partial charge in [0.25, 0.3) is 5.91 Å². The third-order valence-corrected chi connectivity index (χ3v) is 2.99. The Kier molecular flexibility index (Phi) is 3.29. The zero-order valence-electron chi connectivity index (χ0n) is 8.85. The second-order valence-corrected chi connectivity index (χ2v) is 4.21. The van der Waals surface area contributed by atoms with Crippen molar-refractivity contribution in [1.29, 1.82) is 0 Å². The van der Waals surface area contributed by atoms with Gasteiger partial charge in [-0.3, -0.25) is 14.5 Å². The average molecular weight is 235 g/mol. The molecule has 0 radical (unpaired) electrons. The number of thiol groups is 1. The molecule has 0 atom stereocenters. The van der Waals surface area contributed by atoms with Gasteiger partial charge in [0.15, 0.2) is 0 Å². The normalized spacial score (nSPS) is 15.2. The Hall–Kier alpha value is -1.29. The molecule has 1 aliphatic rings. The van der Waals surface area contributed by atoms with Crippen molar-refractivity contribution in [2.75, 3.05) is 12.3 Å². The van der Waals surface area contributed by atoms with Gasteiger partial charge in [-0.05, 0) is 23.8 Å². The van der Waals surface area contributed by atoms with Crippen LogP contribution in [0.3, 0.4) is 0 Å². The maximum absolute atomic E-state index is 12.0. The molecule has 4 heteroatoms. The van der Waals surface area contributed by atoms with Crippen LogP contribution in [0.15, 0.2) is 24.3 Å². The molecule has 3 nitrogen and oxygen atoms in total. The van der Waals surface area contributed by atoms with Crippen molar-refractivity contribution in [3.05, 3.63) is 35.4 Å². The highest BCUT2D eigenvalue weighted by Gasteiger charge is 2.29. The SMILES string of the molecule is O=C1Cc2ccccc2C(=O)N1CCCS. The van der Waals surface area contributed by atoms with E-state index < -0.39 is 0 Å². The van der Waals surface area contributed by atoms with Crippen molar-refractivity contribution in [2.24, 2.45) is 0 Å². The fourth-order valence-corrected chi connectivity index (χ4v) is 2.00. The summed E-state index contributed by atoms with van der Waals surface area (Å²) < 4.78 is 0. The highest BCUT2D eigenvalue weighted by Crippen LogP contribution is 2.19. The Morgan fingerprint density at radius 2 is 2.00 bits per heavy atom. The first-order chi connectivity index (χ1) is 7.74. The molecule has 0 fully saturated rings. The van der Waals surface area contributed by atoms with Gasteiger partial charge in [0.2, 0.25) is 5.91 Å². The maximum atomic E-state index is 12.0. The molecule has 1 heterocycles. The first-order valence-corrected chi connectivity index (χ1v) is 5.90. The fourth-order valence-electron chi connectivity index (χ4n) is 1.86. The zero-order valence-corrected chi connectivity index (χ0v) is 9.74. The van der Waals surface area contributed by atoms with Gasteiger partial charge in [0.05, 0.1) is 6.42 Å². The predicted octanol–water partition coefficient (Wildman–Crippen LogP) is 1.53. The van der Waals surface area contributed by atoms with E-state index in [1.54, 1.807) is 6.07 Å². The number of amides is 2. The Balaban J connectivity index is 2.27. The van der Waals surface area contributed by atoms with Crippen LogP contribution in [0.25, 0.3) is 0 Å². The van der Waals surface area contributed by atoms with Crippen molar-refractivity contribution >= 4 is 24.4 Å². The Morgan fingerprint density at radius 1 is 1.25 bits per heavy atom. The third-order valence-electron chi connectivity index (χ3n) is 2.68. The van der Waals surface area contributed by atoms with Gasteiger partial charge in [-0.25, -0.2) is 0 Å². The van der Waals surface area contributed by atoms with Gasteiger partial charge in [0.1, 0.15) is 0 Å². The van der Waals surface area contributed by atoms with Gasteiger partial charge in [-0.15, -0.1) is 0 Å². The van der Waals surface area contributed by atoms with E-state index in [0.717, 1.165) is 12.0 Å². The Morgan fingerprint density at radius 3 is 2.75 bits per heavy atom. The van der Waals surface area contributed by atoms with E-state index in [1.807, 2.05) is 18.2 Å². The molecule has 0 saturated carbocycles. The maximum Gasteiger partial charge on any atom is 0.260 e. The Bertz CT molecular complexity index is 431. The molecule has 0 N–H and O–H groups in total. The average Bonchev–Trinajstić information content (AvgIpc) is 2.29. The van der Waals surface area contributed by atoms with Crippen LogP contribution in [0, 0.1) is 0 Å². The lowest BCUT2D eigenvalue weighted by atomic mass is 9.98. The van der Waals surface area contributed by atoms with Gasteiger partial charge >= 0.3 is 0 Å². The van der Waals surface area contributed by atoms with Crippen molar-refractivity contribution in [3.8, 4) is 0 Å². The number of imide groups is 1. The van der Waals surface area contributed by atoms with E-state index in [-0.39, 0.29) is 11.8 Å². The number of carbonyl (C=O) groups excluding carboxylic acids is 2. The van der Waals surface area contributed by atoms with Gasteiger partial charge < -0.3 is 0 Å². The van der Waals surface area contributed by atoms with E-state index in [9.17, 15) is 9.59 Å². The molecule has 1 aromatic carbocycles. The molecule has 0 unspecified atom stereocenters. The molecule has 16 heavy (non-hydrogen) atoms. The summed E-state index contributed by atoms with van der Waals surface area (Å²) in [4.78, 5) is 25.1. The summed E-state index contributed by atoms with van der Waals surface area (Å²) in [6, 6.07) is 7.28. The minimum atomic E-state index is -0.173. The second-order valence-electron chi connectivity index (χ2n) is 3.76. The summed E-state index contributed by atoms with van der Waals surface area (Å²) in [5.41, 5.74) is 1.49. The molecule has 0 aliphatic carbocycles. The highest BCUT2D eigenvalue weighted by atomic mass is 32.1. The molecule has 0 saturated heterocycles. The lowest BCUT2D eigenvalue weighted by Crippen LogP contribution is -2.42. The minimum Gasteiger partial charge on any atom is -0.278 e. The lowest BCUT2D eigenvalue weighted by molar-refractivity contribution is -0.128. The Labute approximate surface area is 99.9 Å². The van der Waals surface area contributed by atoms with Crippen LogP contribution in [0.5, 0.6) is 0 Å². The number of hydrogen-bond acceptors (Lipinski definition) is 3. The largest absolute Gasteiger partial charge is 0.278 e. The molecule has 2 amide bonds. The second kappa shape index (κ2) is 4.70. The fraction of sp³-hybridized carbons (Fsp3) is 0.333. The summed E-state index contributed by atoms with van der Waals surface area (Å²) in [6.45, 7) is 0.468. The van der Waals surface area contributed by atoms with E-state index in [0.29, 0.717) is 24.3 Å². The number of carbonyl (C=O) groups is 2. The van der Waals surface area contributed by atoms with Crippen LogP contribution in [0.2, 0.25) is 0 Å². The molecule has 84 valence electrons. The summed E-state index contributed by atoms with van der Waals surface area (Å²) >= 11 is 4.09. The van der Waals surface area contributed by atoms with Crippen LogP contribution in [-0.2, 0) is 11.2 Å². The molecule has 2 rings (SSSR count). The number of benzene rings is 1. The number of nitrogens with zero attached hydrogens (tertiary/aromatic N) is 1. The van der Waals surface area contributed by atoms with Gasteiger partial charge in [-0.2, -0.15) is 12.6 Å². The van der Waals surface area contributed by atoms with Gasteiger partial charge in [-0.1, -0.05) is 18.2 Å². The van der Waals surface area contributed by atoms with E-state index in [2.05, 4.69) is 12.6 Å². The third kappa shape index (κ3) is 1.97. The lowest BCUT2D eigenvalue weighted by Gasteiger charge is -2.26. The zero-order chi connectivity index (χ0) is 11.5. The first-order valence-electron chi connectivity index (χ1n) is 5.27. The molecule has 1 aliphatic heterocycles. The smallest absolute Gasteiger partial charge is 0.260 e. The van der Waals surface area contributed by atoms with Crippen molar-refractivity contribution in [3.63, 3.8) is 0 Å². The predicted molar refractivity (Wildman–Crippen MR) is 64.7 cm³/mol. The van der Waals surface area contributed by atoms with Crippen LogP contribution in [0.4, 0.5) is 0 Å². The minimum absolute atomic E-state index is 0.106. The van der Waals surface area contributed by atoms with Crippen molar-refractivity contribution < 1.29 is 9.59 Å². The van der Waals surface area contributed by atoms with E-state index in [1.165, 1.54) is 4.90 Å². The summed E-state index contributed by atoms with van der Waals surface area (Å²) in [6.07, 6.45) is 1.07. The van der Waals surface area contributed by atoms with Crippen molar-refractivity contribution in [2.45, 2.75) is 12.8 Å². The molecule has 0 bridgehead atoms. The standard InChI is InChI=1S/C12H13NO2S/c14-11-8-9-4-1-2-5-10(9)12(15)13(11)6-3-7-16/h1-2,4-5,16H,3,6-8H2. The van der Waals surface area contributed by atoms with Gasteiger partial charge in [0, 0.05) is 12.1 Å². The highest BCUT2D eigenvalue weighted by molar-refractivity contribution is 7.80. The van der Waals surface area contributed by atoms with E-state index >= 15 is 0 Å². The van der Waals surface area contributed by atoms with Crippen LogP contribution in [0.1, 0.15) is 22.3 Å². The first kappa shape index (κ1) is 11.2.